The van der Waals surface area contributed by atoms with E-state index in [0.29, 0.717) is 16.1 Å². The quantitative estimate of drug-likeness (QED) is 0.581. The van der Waals surface area contributed by atoms with E-state index < -0.39 is 11.8 Å². The van der Waals surface area contributed by atoms with E-state index in [-0.39, 0.29) is 20.3 Å². The van der Waals surface area contributed by atoms with Crippen LogP contribution in [0.5, 0.6) is 5.88 Å². The van der Waals surface area contributed by atoms with Gasteiger partial charge in [-0.3, -0.25) is 20.0 Å². The SMILES string of the molecule is O=C1N=c2ccc(Br)cc2=C1c1sc(=S)n(NC(=O)c2ccncc2)c1O. The highest BCUT2D eigenvalue weighted by Crippen LogP contribution is 2.32. The highest BCUT2D eigenvalue weighted by atomic mass is 79.9. The third kappa shape index (κ3) is 3.11. The fourth-order valence-electron chi connectivity index (χ4n) is 2.60. The molecule has 0 spiro atoms. The molecule has 3 aromatic rings. The van der Waals surface area contributed by atoms with E-state index >= 15 is 0 Å². The molecule has 3 heterocycles. The van der Waals surface area contributed by atoms with E-state index in [1.165, 1.54) is 24.5 Å². The summed E-state index contributed by atoms with van der Waals surface area (Å²) in [6.07, 6.45) is 2.97. The largest absolute Gasteiger partial charge is 0.492 e. The van der Waals surface area contributed by atoms with Crippen LogP contribution in [0.1, 0.15) is 15.2 Å². The first-order chi connectivity index (χ1) is 13.0. The smallest absolute Gasteiger partial charge is 0.279 e. The van der Waals surface area contributed by atoms with E-state index in [1.54, 1.807) is 18.2 Å². The number of benzene rings is 1. The summed E-state index contributed by atoms with van der Waals surface area (Å²) in [5.41, 5.74) is 3.13. The van der Waals surface area contributed by atoms with Gasteiger partial charge in [0.2, 0.25) is 5.88 Å². The minimum Gasteiger partial charge on any atom is -0.492 e. The molecule has 1 aromatic carbocycles. The van der Waals surface area contributed by atoms with Crippen LogP contribution in [0, 0.1) is 3.95 Å². The zero-order valence-corrected chi connectivity index (χ0v) is 16.6. The maximum absolute atomic E-state index is 12.4. The van der Waals surface area contributed by atoms with Gasteiger partial charge < -0.3 is 5.11 Å². The topological polar surface area (TPSA) is 96.6 Å². The van der Waals surface area contributed by atoms with E-state index in [2.05, 4.69) is 31.3 Å². The standard InChI is InChI=1S/C17H9BrN4O3S2/c18-9-1-2-11-10(7-9)12(15(24)20-11)13-16(25)22(17(26)27-13)21-14(23)8-3-5-19-6-4-8/h1-7,25H,(H,21,23). The Hall–Kier alpha value is -2.69. The monoisotopic (exact) mass is 460 g/mol. The number of rotatable bonds is 3. The maximum atomic E-state index is 12.4. The Morgan fingerprint density at radius 3 is 2.74 bits per heavy atom. The molecule has 1 aliphatic heterocycles. The summed E-state index contributed by atoms with van der Waals surface area (Å²) in [4.78, 5) is 32.8. The molecule has 0 unspecified atom stereocenters. The lowest BCUT2D eigenvalue weighted by atomic mass is 10.1. The summed E-state index contributed by atoms with van der Waals surface area (Å²) in [6.45, 7) is 0. The number of carbonyl (C=O) groups excluding carboxylic acids is 2. The summed E-state index contributed by atoms with van der Waals surface area (Å²) >= 11 is 9.64. The lowest BCUT2D eigenvalue weighted by Gasteiger charge is -2.07. The van der Waals surface area contributed by atoms with Crippen LogP contribution in [0.3, 0.4) is 0 Å². The number of nitrogens with zero attached hydrogens (tertiary/aromatic N) is 3. The average Bonchev–Trinajstić information content (AvgIpc) is 3.12. The molecule has 10 heteroatoms. The first kappa shape index (κ1) is 17.7. The number of hydrogen-bond acceptors (Lipinski definition) is 6. The van der Waals surface area contributed by atoms with Crippen molar-refractivity contribution in [2.45, 2.75) is 0 Å². The van der Waals surface area contributed by atoms with Crippen molar-refractivity contribution in [1.82, 2.24) is 9.66 Å². The molecule has 0 bridgehead atoms. The number of amides is 2. The molecule has 4 rings (SSSR count). The van der Waals surface area contributed by atoms with Gasteiger partial charge in [0.25, 0.3) is 11.8 Å². The fraction of sp³-hybridized carbons (Fsp3) is 0. The van der Waals surface area contributed by atoms with E-state index in [0.717, 1.165) is 20.5 Å². The number of hydrogen-bond donors (Lipinski definition) is 2. The second kappa shape index (κ2) is 6.80. The van der Waals surface area contributed by atoms with Crippen LogP contribution < -0.4 is 16.0 Å². The Bertz CT molecular complexity index is 1280. The molecule has 1 aliphatic rings. The summed E-state index contributed by atoms with van der Waals surface area (Å²) in [6, 6.07) is 8.31. The lowest BCUT2D eigenvalue weighted by molar-refractivity contribution is -0.112. The van der Waals surface area contributed by atoms with Gasteiger partial charge in [-0.15, -0.1) is 0 Å². The first-order valence-corrected chi connectivity index (χ1v) is 9.57. The normalized spacial score (nSPS) is 12.6. The van der Waals surface area contributed by atoms with Gasteiger partial charge in [0.05, 0.1) is 10.9 Å². The number of pyridine rings is 1. The van der Waals surface area contributed by atoms with Gasteiger partial charge in [0.15, 0.2) is 3.95 Å². The number of thiazole rings is 1. The van der Waals surface area contributed by atoms with Crippen molar-refractivity contribution in [2.75, 3.05) is 5.43 Å². The number of aromatic nitrogens is 2. The van der Waals surface area contributed by atoms with E-state index in [4.69, 9.17) is 12.2 Å². The maximum Gasteiger partial charge on any atom is 0.279 e. The van der Waals surface area contributed by atoms with Crippen LogP contribution in [-0.4, -0.2) is 26.6 Å². The van der Waals surface area contributed by atoms with Crippen LogP contribution in [0.4, 0.5) is 0 Å². The molecular weight excluding hydrogens is 452 g/mol. The second-order valence-electron chi connectivity index (χ2n) is 5.49. The minimum atomic E-state index is -0.470. The number of carbonyl (C=O) groups is 2. The van der Waals surface area contributed by atoms with Gasteiger partial charge >= 0.3 is 0 Å². The zero-order chi connectivity index (χ0) is 19.1. The van der Waals surface area contributed by atoms with Crippen molar-refractivity contribution in [3.8, 4) is 5.88 Å². The molecule has 27 heavy (non-hydrogen) atoms. The van der Waals surface area contributed by atoms with Gasteiger partial charge in [0, 0.05) is 27.6 Å². The lowest BCUT2D eigenvalue weighted by Crippen LogP contribution is -2.23. The third-order valence-electron chi connectivity index (χ3n) is 3.83. The average molecular weight is 461 g/mol. The van der Waals surface area contributed by atoms with Crippen molar-refractivity contribution in [3.05, 3.63) is 72.2 Å². The van der Waals surface area contributed by atoms with Crippen molar-refractivity contribution in [1.29, 1.82) is 0 Å². The molecule has 7 nitrogen and oxygen atoms in total. The molecule has 2 amide bonds. The number of halogens is 1. The highest BCUT2D eigenvalue weighted by molar-refractivity contribution is 9.10. The zero-order valence-electron chi connectivity index (χ0n) is 13.3. The predicted octanol–water partition coefficient (Wildman–Crippen LogP) is 1.88. The van der Waals surface area contributed by atoms with Gasteiger partial charge in [-0.2, -0.15) is 4.68 Å². The Labute approximate surface area is 169 Å². The summed E-state index contributed by atoms with van der Waals surface area (Å²) < 4.78 is 2.04. The van der Waals surface area contributed by atoms with Crippen molar-refractivity contribution in [2.24, 2.45) is 4.99 Å². The van der Waals surface area contributed by atoms with Crippen LogP contribution >= 0.6 is 39.5 Å². The fourth-order valence-corrected chi connectivity index (χ4v) is 4.23. The predicted molar refractivity (Wildman–Crippen MR) is 105 cm³/mol. The highest BCUT2D eigenvalue weighted by Gasteiger charge is 2.26. The van der Waals surface area contributed by atoms with Crippen LogP contribution in [0.15, 0.2) is 52.2 Å². The molecule has 0 fully saturated rings. The Kier molecular flexibility index (Phi) is 4.46. The van der Waals surface area contributed by atoms with Crippen molar-refractivity contribution in [3.63, 3.8) is 0 Å². The summed E-state index contributed by atoms with van der Waals surface area (Å²) in [7, 11) is 0. The number of aromatic hydroxyl groups is 1. The second-order valence-corrected chi connectivity index (χ2v) is 8.05. The Morgan fingerprint density at radius 1 is 1.26 bits per heavy atom. The third-order valence-corrected chi connectivity index (χ3v) is 5.71. The Balaban J connectivity index is 1.82. The molecule has 0 saturated carbocycles. The van der Waals surface area contributed by atoms with Gasteiger partial charge in [-0.05, 0) is 42.5 Å². The number of nitrogens with one attached hydrogen (secondary N) is 1. The van der Waals surface area contributed by atoms with Gasteiger partial charge in [-0.1, -0.05) is 27.3 Å². The van der Waals surface area contributed by atoms with Crippen LogP contribution in [-0.2, 0) is 4.79 Å². The van der Waals surface area contributed by atoms with Crippen molar-refractivity contribution < 1.29 is 14.7 Å². The summed E-state index contributed by atoms with van der Waals surface area (Å²) in [5, 5.41) is 11.7. The molecular formula is C17H9BrN4O3S2. The molecule has 0 aliphatic carbocycles. The number of fused-ring (bicyclic) bond motifs is 1. The first-order valence-electron chi connectivity index (χ1n) is 7.55. The van der Waals surface area contributed by atoms with Crippen LogP contribution in [0.25, 0.3) is 5.57 Å². The Morgan fingerprint density at radius 2 is 2.00 bits per heavy atom. The van der Waals surface area contributed by atoms with Crippen LogP contribution in [0.2, 0.25) is 0 Å². The minimum absolute atomic E-state index is 0.189. The van der Waals surface area contributed by atoms with Gasteiger partial charge in [-0.25, -0.2) is 4.99 Å². The molecule has 0 atom stereocenters. The molecule has 134 valence electrons. The van der Waals surface area contributed by atoms with E-state index in [9.17, 15) is 14.7 Å². The van der Waals surface area contributed by atoms with E-state index in [1.807, 2.05) is 0 Å². The molecule has 0 saturated heterocycles. The molecule has 0 radical (unpaired) electrons. The van der Waals surface area contributed by atoms with Crippen molar-refractivity contribution >= 4 is 56.9 Å². The molecule has 2 N–H and O–H groups in total. The van der Waals surface area contributed by atoms with Gasteiger partial charge in [0.1, 0.15) is 4.88 Å². The summed E-state index contributed by atoms with van der Waals surface area (Å²) in [5.74, 6) is -1.26. The molecule has 2 aromatic heterocycles.